The van der Waals surface area contributed by atoms with Crippen molar-refractivity contribution in [2.75, 3.05) is 43.6 Å². The molecule has 0 bridgehead atoms. The molecule has 7 heteroatoms. The highest BCUT2D eigenvalue weighted by Crippen LogP contribution is 2.24. The Morgan fingerprint density at radius 3 is 2.23 bits per heavy atom. The van der Waals surface area contributed by atoms with Gasteiger partial charge in [-0.05, 0) is 67.3 Å². The highest BCUT2D eigenvalue weighted by molar-refractivity contribution is 5.93. The third-order valence-electron chi connectivity index (χ3n) is 5.08. The van der Waals surface area contributed by atoms with Gasteiger partial charge in [-0.25, -0.2) is 4.79 Å². The summed E-state index contributed by atoms with van der Waals surface area (Å²) in [7, 11) is 1.57. The Kier molecular flexibility index (Phi) is 7.54. The lowest BCUT2D eigenvalue weighted by Crippen LogP contribution is -2.32. The summed E-state index contributed by atoms with van der Waals surface area (Å²) in [6.45, 7) is 3.76. The second-order valence-corrected chi connectivity index (χ2v) is 7.39. The van der Waals surface area contributed by atoms with Crippen LogP contribution < -0.4 is 19.7 Å². The predicted octanol–water partition coefficient (Wildman–Crippen LogP) is 3.49. The Labute approximate surface area is 176 Å². The van der Waals surface area contributed by atoms with Gasteiger partial charge in [-0.3, -0.25) is 4.79 Å². The van der Waals surface area contributed by atoms with E-state index in [1.54, 1.807) is 31.4 Å². The van der Waals surface area contributed by atoms with Crippen molar-refractivity contribution in [3.8, 4) is 11.5 Å². The number of ether oxygens (including phenoxy) is 3. The van der Waals surface area contributed by atoms with E-state index in [0.717, 1.165) is 24.7 Å². The number of hydrogen-bond acceptors (Lipinski definition) is 6. The summed E-state index contributed by atoms with van der Waals surface area (Å²) < 4.78 is 15.3. The summed E-state index contributed by atoms with van der Waals surface area (Å²) in [5, 5.41) is 2.73. The molecule has 7 nitrogen and oxygen atoms in total. The van der Waals surface area contributed by atoms with Crippen molar-refractivity contribution in [2.24, 2.45) is 5.92 Å². The van der Waals surface area contributed by atoms with Crippen LogP contribution in [-0.4, -0.2) is 45.3 Å². The first-order valence-corrected chi connectivity index (χ1v) is 10.1. The molecule has 2 aromatic carbocycles. The van der Waals surface area contributed by atoms with Crippen LogP contribution >= 0.6 is 0 Å². The lowest BCUT2D eigenvalue weighted by molar-refractivity contribution is -0.149. The molecule has 160 valence electrons. The molecular formula is C23H28N2O5. The van der Waals surface area contributed by atoms with E-state index in [2.05, 4.69) is 17.1 Å². The molecular weight excluding hydrogens is 384 g/mol. The van der Waals surface area contributed by atoms with Gasteiger partial charge in [0.15, 0.2) is 13.2 Å². The molecule has 0 aromatic heterocycles. The van der Waals surface area contributed by atoms with E-state index >= 15 is 0 Å². The number of esters is 1. The number of nitrogens with zero attached hydrogens (tertiary/aromatic N) is 1. The van der Waals surface area contributed by atoms with E-state index in [0.29, 0.717) is 17.2 Å². The maximum Gasteiger partial charge on any atom is 0.344 e. The number of anilines is 2. The van der Waals surface area contributed by atoms with Gasteiger partial charge >= 0.3 is 5.97 Å². The molecule has 1 N–H and O–H groups in total. The average Bonchev–Trinajstić information content (AvgIpc) is 2.78. The van der Waals surface area contributed by atoms with Gasteiger partial charge in [0.05, 0.1) is 7.11 Å². The van der Waals surface area contributed by atoms with Gasteiger partial charge in [0.1, 0.15) is 11.5 Å². The third-order valence-corrected chi connectivity index (χ3v) is 5.08. The Balaban J connectivity index is 1.37. The standard InChI is InChI=1S/C23H28N2O5/c1-17-11-13-25(14-12-17)19-5-3-18(4-6-19)24-22(26)15-30-23(27)16-29-21-9-7-20(28-2)8-10-21/h3-10,17H,11-16H2,1-2H3,(H,24,26). The van der Waals surface area contributed by atoms with Gasteiger partial charge in [-0.2, -0.15) is 0 Å². The van der Waals surface area contributed by atoms with Crippen LogP contribution in [0.25, 0.3) is 0 Å². The number of rotatable bonds is 8. The quantitative estimate of drug-likeness (QED) is 0.669. The van der Waals surface area contributed by atoms with E-state index in [1.165, 1.54) is 12.8 Å². The van der Waals surface area contributed by atoms with Crippen LogP contribution in [0.5, 0.6) is 11.5 Å². The van der Waals surface area contributed by atoms with Crippen molar-refractivity contribution in [3.63, 3.8) is 0 Å². The fraction of sp³-hybridized carbons (Fsp3) is 0.391. The number of methoxy groups -OCH3 is 1. The molecule has 0 saturated carbocycles. The SMILES string of the molecule is COc1ccc(OCC(=O)OCC(=O)Nc2ccc(N3CCC(C)CC3)cc2)cc1. The summed E-state index contributed by atoms with van der Waals surface area (Å²) in [5.74, 6) is 0.979. The number of hydrogen-bond donors (Lipinski definition) is 1. The molecule has 0 unspecified atom stereocenters. The van der Waals surface area contributed by atoms with Gasteiger partial charge < -0.3 is 24.4 Å². The van der Waals surface area contributed by atoms with Crippen molar-refractivity contribution < 1.29 is 23.8 Å². The molecule has 1 aliphatic heterocycles. The summed E-state index contributed by atoms with van der Waals surface area (Å²) in [6.07, 6.45) is 2.40. The smallest absolute Gasteiger partial charge is 0.344 e. The second kappa shape index (κ2) is 10.5. The van der Waals surface area contributed by atoms with Crippen LogP contribution in [0.1, 0.15) is 19.8 Å². The zero-order valence-electron chi connectivity index (χ0n) is 17.4. The highest BCUT2D eigenvalue weighted by Gasteiger charge is 2.16. The highest BCUT2D eigenvalue weighted by atomic mass is 16.6. The molecule has 1 heterocycles. The minimum atomic E-state index is -0.615. The van der Waals surface area contributed by atoms with Crippen molar-refractivity contribution >= 4 is 23.3 Å². The third kappa shape index (κ3) is 6.40. The minimum absolute atomic E-state index is 0.275. The number of carbonyl (C=O) groups is 2. The summed E-state index contributed by atoms with van der Waals surface area (Å²) in [6, 6.07) is 14.6. The molecule has 1 saturated heterocycles. The number of piperidine rings is 1. The second-order valence-electron chi connectivity index (χ2n) is 7.39. The van der Waals surface area contributed by atoms with Crippen molar-refractivity contribution in [1.29, 1.82) is 0 Å². The zero-order valence-corrected chi connectivity index (χ0v) is 17.4. The van der Waals surface area contributed by atoms with E-state index in [9.17, 15) is 9.59 Å². The first-order chi connectivity index (χ1) is 14.5. The largest absolute Gasteiger partial charge is 0.497 e. The predicted molar refractivity (Wildman–Crippen MR) is 115 cm³/mol. The fourth-order valence-corrected chi connectivity index (χ4v) is 3.22. The lowest BCUT2D eigenvalue weighted by atomic mass is 9.99. The molecule has 2 aromatic rings. The van der Waals surface area contributed by atoms with Crippen LogP contribution in [0, 0.1) is 5.92 Å². The zero-order chi connectivity index (χ0) is 21.3. The Hall–Kier alpha value is -3.22. The molecule has 3 rings (SSSR count). The molecule has 0 aliphatic carbocycles. The monoisotopic (exact) mass is 412 g/mol. The molecule has 1 aliphatic rings. The molecule has 0 radical (unpaired) electrons. The maximum absolute atomic E-state index is 12.0. The van der Waals surface area contributed by atoms with Gasteiger partial charge in [0.2, 0.25) is 0 Å². The Morgan fingerprint density at radius 1 is 0.967 bits per heavy atom. The van der Waals surface area contributed by atoms with Crippen LogP contribution in [0.3, 0.4) is 0 Å². The molecule has 1 amide bonds. The number of amides is 1. The van der Waals surface area contributed by atoms with Crippen LogP contribution in [0.4, 0.5) is 11.4 Å². The summed E-state index contributed by atoms with van der Waals surface area (Å²) in [5.41, 5.74) is 1.82. The summed E-state index contributed by atoms with van der Waals surface area (Å²) >= 11 is 0. The number of carbonyl (C=O) groups excluding carboxylic acids is 2. The molecule has 30 heavy (non-hydrogen) atoms. The average molecular weight is 412 g/mol. The van der Waals surface area contributed by atoms with Gasteiger partial charge in [0, 0.05) is 24.5 Å². The van der Waals surface area contributed by atoms with Gasteiger partial charge in [-0.15, -0.1) is 0 Å². The maximum atomic E-state index is 12.0. The van der Waals surface area contributed by atoms with Crippen LogP contribution in [0.15, 0.2) is 48.5 Å². The topological polar surface area (TPSA) is 77.1 Å². The van der Waals surface area contributed by atoms with E-state index in [4.69, 9.17) is 14.2 Å². The molecule has 0 spiro atoms. The molecule has 0 atom stereocenters. The van der Waals surface area contributed by atoms with E-state index in [1.807, 2.05) is 24.3 Å². The van der Waals surface area contributed by atoms with Crippen molar-refractivity contribution in [2.45, 2.75) is 19.8 Å². The number of benzene rings is 2. The van der Waals surface area contributed by atoms with E-state index < -0.39 is 11.9 Å². The van der Waals surface area contributed by atoms with Crippen molar-refractivity contribution in [3.05, 3.63) is 48.5 Å². The Morgan fingerprint density at radius 2 is 1.60 bits per heavy atom. The normalized spacial score (nSPS) is 14.1. The number of nitrogens with one attached hydrogen (secondary N) is 1. The lowest BCUT2D eigenvalue weighted by Gasteiger charge is -2.32. The fourth-order valence-electron chi connectivity index (χ4n) is 3.22. The van der Waals surface area contributed by atoms with Crippen molar-refractivity contribution in [1.82, 2.24) is 0 Å². The van der Waals surface area contributed by atoms with Gasteiger partial charge in [0.25, 0.3) is 5.91 Å². The first kappa shape index (κ1) is 21.5. The van der Waals surface area contributed by atoms with Crippen LogP contribution in [0.2, 0.25) is 0 Å². The molecule has 1 fully saturated rings. The first-order valence-electron chi connectivity index (χ1n) is 10.1. The van der Waals surface area contributed by atoms with E-state index in [-0.39, 0.29) is 13.2 Å². The van der Waals surface area contributed by atoms with Crippen LogP contribution in [-0.2, 0) is 14.3 Å². The minimum Gasteiger partial charge on any atom is -0.497 e. The Bertz CT molecular complexity index is 828. The van der Waals surface area contributed by atoms with Gasteiger partial charge in [-0.1, -0.05) is 6.92 Å². The summed E-state index contributed by atoms with van der Waals surface area (Å²) in [4.78, 5) is 26.2.